The molecule has 2 unspecified atom stereocenters. The molecule has 150 valence electrons. The van der Waals surface area contributed by atoms with Crippen LogP contribution in [-0.4, -0.2) is 32.7 Å². The van der Waals surface area contributed by atoms with E-state index in [0.29, 0.717) is 44.2 Å². The Morgan fingerprint density at radius 3 is 2.21 bits per heavy atom. The van der Waals surface area contributed by atoms with Crippen LogP contribution >= 0.6 is 0 Å². The van der Waals surface area contributed by atoms with E-state index in [2.05, 4.69) is 22.2 Å². The van der Waals surface area contributed by atoms with Gasteiger partial charge >= 0.3 is 0 Å². The second-order valence-corrected chi connectivity index (χ2v) is 9.81. The van der Waals surface area contributed by atoms with Crippen LogP contribution in [0.4, 0.5) is 4.39 Å². The highest BCUT2D eigenvalue weighted by Gasteiger charge is 2.42. The largest absolute Gasteiger partial charge is 0.310 e. The summed E-state index contributed by atoms with van der Waals surface area (Å²) in [5.41, 5.74) is 0.0605. The van der Waals surface area contributed by atoms with Crippen molar-refractivity contribution in [3.8, 4) is 0 Å². The molecule has 6 heteroatoms. The molecule has 0 radical (unpaired) electrons. The van der Waals surface area contributed by atoms with E-state index < -0.39 is 15.7 Å². The number of nitrogens with one attached hydrogen (secondary N) is 2. The van der Waals surface area contributed by atoms with Gasteiger partial charge in [0.15, 0.2) is 0 Å². The predicted octanol–water partition coefficient (Wildman–Crippen LogP) is 3.76. The van der Waals surface area contributed by atoms with E-state index in [4.69, 9.17) is 0 Å². The minimum Gasteiger partial charge on any atom is -0.310 e. The van der Waals surface area contributed by atoms with E-state index in [9.17, 15) is 8.42 Å². The Morgan fingerprint density at radius 1 is 0.964 bits per heavy atom. The Labute approximate surface area is 166 Å². The summed E-state index contributed by atoms with van der Waals surface area (Å²) in [6, 6.07) is 18.8. The summed E-state index contributed by atoms with van der Waals surface area (Å²) in [5, 5.41) is 3.39. The first kappa shape index (κ1) is 19.6. The molecule has 0 spiro atoms. The Balaban J connectivity index is 1.25. The normalized spacial score (nSPS) is 30.1. The van der Waals surface area contributed by atoms with E-state index in [1.807, 2.05) is 18.2 Å². The van der Waals surface area contributed by atoms with Gasteiger partial charge in [0, 0.05) is 24.5 Å². The molecule has 2 aromatic carbocycles. The molecular formula is C22H27FN2O2S. The minimum atomic E-state index is -3.54. The van der Waals surface area contributed by atoms with E-state index in [1.54, 1.807) is 30.3 Å². The summed E-state index contributed by atoms with van der Waals surface area (Å²) < 4.78 is 42.8. The molecule has 2 N–H and O–H groups in total. The molecule has 4 rings (SSSR count). The SMILES string of the molecule is O=S(=O)(NC1CCC(F)(CNC2CC2c2ccccc2)CC1)c1ccccc1. The zero-order valence-corrected chi connectivity index (χ0v) is 16.7. The molecule has 0 bridgehead atoms. The first-order valence-corrected chi connectivity index (χ1v) is 11.5. The first-order chi connectivity index (χ1) is 13.5. The molecule has 2 fully saturated rings. The maximum absolute atomic E-state index is 15.2. The number of halogens is 1. The fraction of sp³-hybridized carbons (Fsp3) is 0.455. The highest BCUT2D eigenvalue weighted by atomic mass is 32.2. The van der Waals surface area contributed by atoms with Gasteiger partial charge in [-0.05, 0) is 49.8 Å². The average Bonchev–Trinajstić information content (AvgIpc) is 3.50. The number of sulfonamides is 1. The number of hydrogen-bond donors (Lipinski definition) is 2. The highest BCUT2D eigenvalue weighted by molar-refractivity contribution is 7.89. The fourth-order valence-corrected chi connectivity index (χ4v) is 5.45. The highest BCUT2D eigenvalue weighted by Crippen LogP contribution is 2.41. The van der Waals surface area contributed by atoms with Crippen LogP contribution in [0.1, 0.15) is 43.6 Å². The molecule has 0 heterocycles. The third-order valence-electron chi connectivity index (χ3n) is 5.96. The average molecular weight is 403 g/mol. The van der Waals surface area contributed by atoms with Crippen LogP contribution in [0.25, 0.3) is 0 Å². The van der Waals surface area contributed by atoms with Gasteiger partial charge in [0.1, 0.15) is 5.67 Å². The summed E-state index contributed by atoms with van der Waals surface area (Å²) in [5.74, 6) is 0.485. The van der Waals surface area contributed by atoms with Crippen molar-refractivity contribution in [1.82, 2.24) is 10.0 Å². The number of rotatable bonds is 7. The number of alkyl halides is 1. The van der Waals surface area contributed by atoms with Crippen molar-refractivity contribution in [2.75, 3.05) is 6.54 Å². The van der Waals surface area contributed by atoms with E-state index in [-0.39, 0.29) is 10.9 Å². The van der Waals surface area contributed by atoms with Crippen LogP contribution in [0.3, 0.4) is 0 Å². The zero-order valence-electron chi connectivity index (χ0n) is 15.9. The smallest absolute Gasteiger partial charge is 0.240 e. The number of hydrogen-bond acceptors (Lipinski definition) is 3. The van der Waals surface area contributed by atoms with E-state index in [1.165, 1.54) is 5.56 Å². The Bertz CT molecular complexity index is 881. The van der Waals surface area contributed by atoms with Crippen molar-refractivity contribution < 1.29 is 12.8 Å². The minimum absolute atomic E-state index is 0.202. The van der Waals surface area contributed by atoms with Crippen LogP contribution in [0, 0.1) is 0 Å². The van der Waals surface area contributed by atoms with Crippen LogP contribution < -0.4 is 10.0 Å². The van der Waals surface area contributed by atoms with Gasteiger partial charge in [-0.3, -0.25) is 0 Å². The lowest BCUT2D eigenvalue weighted by Gasteiger charge is -2.34. The third kappa shape index (κ3) is 4.62. The molecule has 4 nitrogen and oxygen atoms in total. The van der Waals surface area contributed by atoms with Crippen molar-refractivity contribution in [2.24, 2.45) is 0 Å². The molecule has 2 atom stereocenters. The number of benzene rings is 2. The Morgan fingerprint density at radius 2 is 1.57 bits per heavy atom. The van der Waals surface area contributed by atoms with Crippen LogP contribution in [0.5, 0.6) is 0 Å². The third-order valence-corrected chi connectivity index (χ3v) is 7.49. The second kappa shape index (κ2) is 7.93. The molecule has 28 heavy (non-hydrogen) atoms. The van der Waals surface area contributed by atoms with Crippen molar-refractivity contribution in [3.05, 3.63) is 66.2 Å². The van der Waals surface area contributed by atoms with E-state index >= 15 is 4.39 Å². The van der Waals surface area contributed by atoms with Gasteiger partial charge in [-0.25, -0.2) is 17.5 Å². The molecule has 0 aromatic heterocycles. The topological polar surface area (TPSA) is 58.2 Å². The molecule has 2 saturated carbocycles. The molecular weight excluding hydrogens is 375 g/mol. The van der Waals surface area contributed by atoms with E-state index in [0.717, 1.165) is 6.42 Å². The van der Waals surface area contributed by atoms with Crippen molar-refractivity contribution in [1.29, 1.82) is 0 Å². The van der Waals surface area contributed by atoms with Gasteiger partial charge in [-0.2, -0.15) is 0 Å². The van der Waals surface area contributed by atoms with Gasteiger partial charge < -0.3 is 5.32 Å². The maximum atomic E-state index is 15.2. The summed E-state index contributed by atoms with van der Waals surface area (Å²) in [7, 11) is -3.54. The fourth-order valence-electron chi connectivity index (χ4n) is 4.12. The summed E-state index contributed by atoms with van der Waals surface area (Å²) in [6.45, 7) is 0.346. The van der Waals surface area contributed by atoms with Crippen molar-refractivity contribution >= 4 is 10.0 Å². The molecule has 0 aliphatic heterocycles. The summed E-state index contributed by atoms with van der Waals surface area (Å²) in [6.07, 6.45) is 2.86. The molecule has 0 saturated heterocycles. The second-order valence-electron chi connectivity index (χ2n) is 8.10. The molecule has 0 amide bonds. The van der Waals surface area contributed by atoms with Crippen LogP contribution in [0.15, 0.2) is 65.6 Å². The Kier molecular flexibility index (Phi) is 5.54. The standard InChI is InChI=1S/C22H27FN2O2S/c23-22(16-24-21-15-20(21)17-7-3-1-4-8-17)13-11-18(12-14-22)25-28(26,27)19-9-5-2-6-10-19/h1-10,18,20-21,24-25H,11-16H2. The first-order valence-electron chi connectivity index (χ1n) is 10.00. The quantitative estimate of drug-likeness (QED) is 0.741. The van der Waals surface area contributed by atoms with Gasteiger partial charge in [-0.15, -0.1) is 0 Å². The van der Waals surface area contributed by atoms with Gasteiger partial charge in [-0.1, -0.05) is 48.5 Å². The zero-order chi connectivity index (χ0) is 19.6. The lowest BCUT2D eigenvalue weighted by Crippen LogP contribution is -2.46. The summed E-state index contributed by atoms with van der Waals surface area (Å²) >= 11 is 0. The lowest BCUT2D eigenvalue weighted by atomic mass is 9.84. The van der Waals surface area contributed by atoms with Crippen LogP contribution in [0.2, 0.25) is 0 Å². The monoisotopic (exact) mass is 402 g/mol. The van der Waals surface area contributed by atoms with Crippen molar-refractivity contribution in [3.63, 3.8) is 0 Å². The van der Waals surface area contributed by atoms with Gasteiger partial charge in [0.2, 0.25) is 10.0 Å². The van der Waals surface area contributed by atoms with Crippen LogP contribution in [-0.2, 0) is 10.0 Å². The predicted molar refractivity (Wildman–Crippen MR) is 108 cm³/mol. The lowest BCUT2D eigenvalue weighted by molar-refractivity contribution is 0.0946. The molecule has 2 aliphatic carbocycles. The maximum Gasteiger partial charge on any atom is 0.240 e. The summed E-state index contributed by atoms with van der Waals surface area (Å²) in [4.78, 5) is 0.259. The Hall–Kier alpha value is -1.76. The van der Waals surface area contributed by atoms with Gasteiger partial charge in [0.05, 0.1) is 4.90 Å². The van der Waals surface area contributed by atoms with Gasteiger partial charge in [0.25, 0.3) is 0 Å². The van der Waals surface area contributed by atoms with Crippen molar-refractivity contribution in [2.45, 2.75) is 60.7 Å². The molecule has 2 aliphatic rings. The molecule has 2 aromatic rings.